The van der Waals surface area contributed by atoms with E-state index in [0.717, 1.165) is 27.8 Å². The number of nitrogens with one attached hydrogen (secondary N) is 2. The van der Waals surface area contributed by atoms with Crippen LogP contribution in [0.1, 0.15) is 57.6 Å². The predicted molar refractivity (Wildman–Crippen MR) is 131 cm³/mol. The Morgan fingerprint density at radius 1 is 1.03 bits per heavy atom. The number of aliphatic carboxylic acids is 1. The summed E-state index contributed by atoms with van der Waals surface area (Å²) in [5.41, 5.74) is 4.50. The summed E-state index contributed by atoms with van der Waals surface area (Å²) in [6.07, 6.45) is 1.18. The molecule has 2 amide bonds. The lowest BCUT2D eigenvalue weighted by atomic mass is 9.98. The second-order valence-electron chi connectivity index (χ2n) is 9.48. The summed E-state index contributed by atoms with van der Waals surface area (Å²) < 4.78 is 5.58. The van der Waals surface area contributed by atoms with Gasteiger partial charge in [0.2, 0.25) is 5.91 Å². The van der Waals surface area contributed by atoms with Crippen molar-refractivity contribution in [2.75, 3.05) is 6.61 Å². The molecule has 34 heavy (non-hydrogen) atoms. The van der Waals surface area contributed by atoms with Crippen molar-refractivity contribution in [3.05, 3.63) is 71.3 Å². The van der Waals surface area contributed by atoms with E-state index in [2.05, 4.69) is 22.8 Å². The maximum atomic E-state index is 12.9. The van der Waals surface area contributed by atoms with Gasteiger partial charge in [0.1, 0.15) is 12.6 Å². The lowest BCUT2D eigenvalue weighted by Crippen LogP contribution is -2.53. The summed E-state index contributed by atoms with van der Waals surface area (Å²) in [4.78, 5) is 36.7. The third-order valence-electron chi connectivity index (χ3n) is 5.77. The predicted octanol–water partition coefficient (Wildman–Crippen LogP) is 4.62. The molecule has 1 unspecified atom stereocenters. The summed E-state index contributed by atoms with van der Waals surface area (Å²) in [5, 5.41) is 14.5. The van der Waals surface area contributed by atoms with Crippen LogP contribution in [0, 0.1) is 0 Å². The molecule has 0 aromatic heterocycles. The summed E-state index contributed by atoms with van der Waals surface area (Å²) in [6, 6.07) is 15.2. The standard InChI is InChI=1S/C27H32N2O5/c1-17(2)13-14-23(25(32)29-27(3,4)15-24(30)31)28-26(33)34-16-22-20-11-7-5-9-18(20)19-10-6-8-12-21(19)22/h5-13,22-23H,14-16H2,1-4H3,(H,28,33)(H,29,32)(H,30,31). The first-order valence-electron chi connectivity index (χ1n) is 11.4. The maximum absolute atomic E-state index is 12.9. The van der Waals surface area contributed by atoms with Crippen molar-refractivity contribution in [3.8, 4) is 11.1 Å². The number of alkyl carbamates (subject to hydrolysis) is 1. The van der Waals surface area contributed by atoms with E-state index in [1.807, 2.05) is 56.3 Å². The fraction of sp³-hybridized carbons (Fsp3) is 0.370. The van der Waals surface area contributed by atoms with Gasteiger partial charge >= 0.3 is 12.1 Å². The van der Waals surface area contributed by atoms with Gasteiger partial charge in [0.15, 0.2) is 0 Å². The number of allylic oxidation sites excluding steroid dienone is 1. The molecule has 0 saturated heterocycles. The van der Waals surface area contributed by atoms with E-state index in [-0.39, 0.29) is 25.4 Å². The lowest BCUT2D eigenvalue weighted by Gasteiger charge is -2.27. The molecule has 1 atom stereocenters. The second kappa shape index (κ2) is 10.5. The molecule has 7 nitrogen and oxygen atoms in total. The molecule has 0 spiro atoms. The number of carboxylic acids is 1. The number of benzene rings is 2. The highest BCUT2D eigenvalue weighted by atomic mass is 16.5. The van der Waals surface area contributed by atoms with E-state index in [1.165, 1.54) is 0 Å². The van der Waals surface area contributed by atoms with E-state index in [1.54, 1.807) is 13.8 Å². The summed E-state index contributed by atoms with van der Waals surface area (Å²) in [7, 11) is 0. The zero-order valence-electron chi connectivity index (χ0n) is 20.1. The fourth-order valence-corrected chi connectivity index (χ4v) is 4.21. The molecule has 0 radical (unpaired) electrons. The van der Waals surface area contributed by atoms with Crippen molar-refractivity contribution in [1.82, 2.24) is 10.6 Å². The quantitative estimate of drug-likeness (QED) is 0.470. The molecule has 7 heteroatoms. The number of amides is 2. The molecular formula is C27H32N2O5. The van der Waals surface area contributed by atoms with Crippen LogP contribution in [0.2, 0.25) is 0 Å². The Labute approximate surface area is 200 Å². The average molecular weight is 465 g/mol. The molecule has 0 bridgehead atoms. The molecule has 2 aromatic carbocycles. The van der Waals surface area contributed by atoms with E-state index in [9.17, 15) is 14.4 Å². The maximum Gasteiger partial charge on any atom is 0.407 e. The number of carbonyl (C=O) groups is 3. The summed E-state index contributed by atoms with van der Waals surface area (Å²) in [5.74, 6) is -1.56. The van der Waals surface area contributed by atoms with Gasteiger partial charge in [0, 0.05) is 11.5 Å². The number of carbonyl (C=O) groups excluding carboxylic acids is 2. The van der Waals surface area contributed by atoms with Gasteiger partial charge in [-0.05, 0) is 56.4 Å². The van der Waals surface area contributed by atoms with Crippen LogP contribution in [0.4, 0.5) is 4.79 Å². The van der Waals surface area contributed by atoms with Gasteiger partial charge in [-0.3, -0.25) is 9.59 Å². The summed E-state index contributed by atoms with van der Waals surface area (Å²) in [6.45, 7) is 7.20. The molecule has 0 saturated carbocycles. The van der Waals surface area contributed by atoms with Crippen LogP contribution in [-0.2, 0) is 14.3 Å². The van der Waals surface area contributed by atoms with Gasteiger partial charge in [0.25, 0.3) is 0 Å². The molecule has 2 aromatic rings. The molecule has 0 heterocycles. The molecular weight excluding hydrogens is 432 g/mol. The lowest BCUT2D eigenvalue weighted by molar-refractivity contribution is -0.138. The van der Waals surface area contributed by atoms with Crippen LogP contribution in [0.5, 0.6) is 0 Å². The molecule has 180 valence electrons. The zero-order chi connectivity index (χ0) is 24.9. The highest BCUT2D eigenvalue weighted by molar-refractivity contribution is 5.87. The Bertz CT molecular complexity index is 1060. The Balaban J connectivity index is 1.68. The Hall–Kier alpha value is -3.61. The average Bonchev–Trinajstić information content (AvgIpc) is 3.07. The van der Waals surface area contributed by atoms with E-state index >= 15 is 0 Å². The Morgan fingerprint density at radius 3 is 2.12 bits per heavy atom. The van der Waals surface area contributed by atoms with Gasteiger partial charge in [-0.2, -0.15) is 0 Å². The Kier molecular flexibility index (Phi) is 7.76. The van der Waals surface area contributed by atoms with Crippen molar-refractivity contribution in [1.29, 1.82) is 0 Å². The molecule has 1 aliphatic carbocycles. The third kappa shape index (κ3) is 6.25. The van der Waals surface area contributed by atoms with Gasteiger partial charge in [0.05, 0.1) is 6.42 Å². The van der Waals surface area contributed by atoms with Crippen molar-refractivity contribution in [2.45, 2.75) is 58.0 Å². The number of fused-ring (bicyclic) bond motifs is 3. The van der Waals surface area contributed by atoms with Crippen LogP contribution in [0.3, 0.4) is 0 Å². The highest BCUT2D eigenvalue weighted by Gasteiger charge is 2.31. The Morgan fingerprint density at radius 2 is 1.59 bits per heavy atom. The molecule has 0 aliphatic heterocycles. The number of rotatable bonds is 9. The van der Waals surface area contributed by atoms with Crippen molar-refractivity contribution < 1.29 is 24.2 Å². The molecule has 1 aliphatic rings. The normalized spacial score (nSPS) is 13.3. The van der Waals surface area contributed by atoms with Crippen molar-refractivity contribution in [2.24, 2.45) is 0 Å². The summed E-state index contributed by atoms with van der Waals surface area (Å²) >= 11 is 0. The van der Waals surface area contributed by atoms with Gasteiger partial charge < -0.3 is 20.5 Å². The monoisotopic (exact) mass is 464 g/mol. The highest BCUT2D eigenvalue weighted by Crippen LogP contribution is 2.44. The molecule has 3 rings (SSSR count). The SMILES string of the molecule is CC(C)=CCC(NC(=O)OCC1c2ccccc2-c2ccccc21)C(=O)NC(C)(C)CC(=O)O. The van der Waals surface area contributed by atoms with Crippen LogP contribution in [0.25, 0.3) is 11.1 Å². The first-order valence-corrected chi connectivity index (χ1v) is 11.4. The van der Waals surface area contributed by atoms with Gasteiger partial charge in [-0.25, -0.2) is 4.79 Å². The third-order valence-corrected chi connectivity index (χ3v) is 5.77. The first kappa shape index (κ1) is 25.0. The van der Waals surface area contributed by atoms with Crippen LogP contribution in [0.15, 0.2) is 60.2 Å². The smallest absolute Gasteiger partial charge is 0.407 e. The number of hydrogen-bond donors (Lipinski definition) is 3. The van der Waals surface area contributed by atoms with Crippen LogP contribution >= 0.6 is 0 Å². The van der Waals surface area contributed by atoms with E-state index in [4.69, 9.17) is 9.84 Å². The minimum absolute atomic E-state index is 0.0855. The molecule has 0 fully saturated rings. The largest absolute Gasteiger partial charge is 0.481 e. The number of hydrogen-bond acceptors (Lipinski definition) is 4. The number of ether oxygens (including phenoxy) is 1. The first-order chi connectivity index (χ1) is 16.1. The van der Waals surface area contributed by atoms with Gasteiger partial charge in [-0.15, -0.1) is 0 Å². The van der Waals surface area contributed by atoms with Crippen molar-refractivity contribution in [3.63, 3.8) is 0 Å². The van der Waals surface area contributed by atoms with Crippen LogP contribution < -0.4 is 10.6 Å². The second-order valence-corrected chi connectivity index (χ2v) is 9.48. The minimum Gasteiger partial charge on any atom is -0.481 e. The molecule has 3 N–H and O–H groups in total. The van der Waals surface area contributed by atoms with Crippen LogP contribution in [-0.4, -0.2) is 41.3 Å². The van der Waals surface area contributed by atoms with E-state index in [0.29, 0.717) is 0 Å². The zero-order valence-corrected chi connectivity index (χ0v) is 20.1. The van der Waals surface area contributed by atoms with Gasteiger partial charge in [-0.1, -0.05) is 60.2 Å². The fourth-order valence-electron chi connectivity index (χ4n) is 4.21. The minimum atomic E-state index is -1.02. The number of carboxylic acid groups (broad SMARTS) is 1. The van der Waals surface area contributed by atoms with Crippen molar-refractivity contribution >= 4 is 18.0 Å². The topological polar surface area (TPSA) is 105 Å². The van der Waals surface area contributed by atoms with E-state index < -0.39 is 29.6 Å².